The van der Waals surface area contributed by atoms with E-state index in [9.17, 15) is 0 Å². The highest BCUT2D eigenvalue weighted by Crippen LogP contribution is 2.30. The first kappa shape index (κ1) is 21.1. The monoisotopic (exact) mass is 387 g/mol. The molecule has 0 fully saturated rings. The van der Waals surface area contributed by atoms with E-state index in [-0.39, 0.29) is 0 Å². The Kier molecular flexibility index (Phi) is 6.42. The Morgan fingerprint density at radius 3 is 1.90 bits per heavy atom. The molecule has 0 amide bonds. The van der Waals surface area contributed by atoms with E-state index in [1.807, 2.05) is 0 Å². The number of hydrogen-bond acceptors (Lipinski definition) is 2. The number of nitrogens with zero attached hydrogens (tertiary/aromatic N) is 1. The molecule has 2 nitrogen and oxygen atoms in total. The van der Waals surface area contributed by atoms with E-state index < -0.39 is 0 Å². The summed E-state index contributed by atoms with van der Waals surface area (Å²) >= 11 is 0. The van der Waals surface area contributed by atoms with Gasteiger partial charge < -0.3 is 4.74 Å². The van der Waals surface area contributed by atoms with Crippen LogP contribution < -0.4 is 4.74 Å². The minimum absolute atomic E-state index is 0.545. The maximum Gasteiger partial charge on any atom is 0.120 e. The Morgan fingerprint density at radius 1 is 0.793 bits per heavy atom. The topological polar surface area (TPSA) is 22.1 Å². The van der Waals surface area contributed by atoms with E-state index in [0.717, 1.165) is 30.0 Å². The maximum absolute atomic E-state index is 6.17. The van der Waals surface area contributed by atoms with Crippen molar-refractivity contribution in [1.82, 2.24) is 4.98 Å². The fourth-order valence-electron chi connectivity index (χ4n) is 4.01. The molecule has 0 aliphatic carbocycles. The Balaban J connectivity index is 1.93. The Morgan fingerprint density at radius 2 is 1.38 bits per heavy atom. The van der Waals surface area contributed by atoms with Crippen LogP contribution in [0.25, 0.3) is 11.3 Å². The number of pyridine rings is 1. The fraction of sp³-hybridized carbons (Fsp3) is 0.370. The van der Waals surface area contributed by atoms with Crippen LogP contribution in [0.5, 0.6) is 5.75 Å². The third-order valence-electron chi connectivity index (χ3n) is 6.09. The van der Waals surface area contributed by atoms with Crippen molar-refractivity contribution in [3.8, 4) is 17.0 Å². The van der Waals surface area contributed by atoms with Crippen molar-refractivity contribution in [2.75, 3.05) is 0 Å². The molecule has 0 radical (unpaired) electrons. The standard InChI is InChI=1S/C27H33NO/c1-8-22-11-10-12-23(9-2)27(22)26-15-19(5)25(21(7)28-26)16-29-24-13-17(3)20(6)18(4)14-24/h10-15H,8-9,16H2,1-7H3. The first-order valence-electron chi connectivity index (χ1n) is 10.6. The zero-order valence-corrected chi connectivity index (χ0v) is 18.9. The molecule has 29 heavy (non-hydrogen) atoms. The van der Waals surface area contributed by atoms with Gasteiger partial charge in [0, 0.05) is 16.8 Å². The van der Waals surface area contributed by atoms with Crippen LogP contribution >= 0.6 is 0 Å². The third kappa shape index (κ3) is 4.37. The lowest BCUT2D eigenvalue weighted by atomic mass is 9.93. The number of aryl methyl sites for hydroxylation is 6. The van der Waals surface area contributed by atoms with Crippen LogP contribution in [0.2, 0.25) is 0 Å². The molecule has 0 aliphatic heterocycles. The van der Waals surface area contributed by atoms with Crippen LogP contribution in [0, 0.1) is 34.6 Å². The molecule has 0 aliphatic rings. The maximum atomic E-state index is 6.17. The molecule has 0 saturated heterocycles. The number of aromatic nitrogens is 1. The Hall–Kier alpha value is -2.61. The summed E-state index contributed by atoms with van der Waals surface area (Å²) in [5, 5.41) is 0. The molecular formula is C27H33NO. The minimum atomic E-state index is 0.545. The fourth-order valence-corrected chi connectivity index (χ4v) is 4.01. The van der Waals surface area contributed by atoms with Crippen LogP contribution in [0.3, 0.4) is 0 Å². The smallest absolute Gasteiger partial charge is 0.120 e. The van der Waals surface area contributed by atoms with E-state index in [1.54, 1.807) is 0 Å². The van der Waals surface area contributed by atoms with Crippen molar-refractivity contribution < 1.29 is 4.74 Å². The van der Waals surface area contributed by atoms with Crippen LogP contribution in [-0.4, -0.2) is 4.98 Å². The number of benzene rings is 2. The van der Waals surface area contributed by atoms with Gasteiger partial charge in [-0.15, -0.1) is 0 Å². The van der Waals surface area contributed by atoms with Gasteiger partial charge in [0.2, 0.25) is 0 Å². The van der Waals surface area contributed by atoms with E-state index in [2.05, 4.69) is 84.9 Å². The molecule has 2 heteroatoms. The van der Waals surface area contributed by atoms with Gasteiger partial charge in [-0.25, -0.2) is 0 Å². The summed E-state index contributed by atoms with van der Waals surface area (Å²) in [4.78, 5) is 5.00. The normalized spacial score (nSPS) is 11.0. The van der Waals surface area contributed by atoms with Gasteiger partial charge in [-0.2, -0.15) is 0 Å². The van der Waals surface area contributed by atoms with Crippen molar-refractivity contribution in [2.45, 2.75) is 67.9 Å². The van der Waals surface area contributed by atoms with Crippen molar-refractivity contribution in [2.24, 2.45) is 0 Å². The van der Waals surface area contributed by atoms with Crippen molar-refractivity contribution >= 4 is 0 Å². The highest BCUT2D eigenvalue weighted by molar-refractivity contribution is 5.69. The summed E-state index contributed by atoms with van der Waals surface area (Å²) < 4.78 is 6.17. The summed E-state index contributed by atoms with van der Waals surface area (Å²) in [6.45, 7) is 15.7. The van der Waals surface area contributed by atoms with Gasteiger partial charge in [0.1, 0.15) is 12.4 Å². The van der Waals surface area contributed by atoms with Gasteiger partial charge in [0.25, 0.3) is 0 Å². The molecule has 1 aromatic heterocycles. The SMILES string of the molecule is CCc1cccc(CC)c1-c1cc(C)c(COc2cc(C)c(C)c(C)c2)c(C)n1. The molecule has 3 aromatic rings. The Labute approximate surface area is 176 Å². The van der Waals surface area contributed by atoms with Gasteiger partial charge in [-0.3, -0.25) is 4.98 Å². The number of rotatable bonds is 6. The van der Waals surface area contributed by atoms with Crippen molar-refractivity contribution in [1.29, 1.82) is 0 Å². The van der Waals surface area contributed by atoms with E-state index in [4.69, 9.17) is 9.72 Å². The van der Waals surface area contributed by atoms with Gasteiger partial charge in [0.15, 0.2) is 0 Å². The molecule has 0 saturated carbocycles. The average Bonchev–Trinajstić information content (AvgIpc) is 2.70. The molecule has 0 N–H and O–H groups in total. The van der Waals surface area contributed by atoms with E-state index >= 15 is 0 Å². The summed E-state index contributed by atoms with van der Waals surface area (Å²) in [6, 6.07) is 13.1. The van der Waals surface area contributed by atoms with Gasteiger partial charge in [-0.1, -0.05) is 32.0 Å². The van der Waals surface area contributed by atoms with Crippen molar-refractivity contribution in [3.05, 3.63) is 81.0 Å². The van der Waals surface area contributed by atoms with Crippen LogP contribution in [0.4, 0.5) is 0 Å². The zero-order chi connectivity index (χ0) is 21.1. The van der Waals surface area contributed by atoms with Crippen LogP contribution in [-0.2, 0) is 19.4 Å². The lowest BCUT2D eigenvalue weighted by Crippen LogP contribution is -2.05. The highest BCUT2D eigenvalue weighted by Gasteiger charge is 2.14. The second kappa shape index (κ2) is 8.82. The van der Waals surface area contributed by atoms with E-state index in [1.165, 1.54) is 44.5 Å². The molecule has 0 atom stereocenters. The second-order valence-corrected chi connectivity index (χ2v) is 8.02. The lowest BCUT2D eigenvalue weighted by molar-refractivity contribution is 0.303. The van der Waals surface area contributed by atoms with Crippen molar-refractivity contribution in [3.63, 3.8) is 0 Å². The average molecular weight is 388 g/mol. The van der Waals surface area contributed by atoms with Gasteiger partial charge in [0.05, 0.1) is 5.69 Å². The van der Waals surface area contributed by atoms with Crippen LogP contribution in [0.1, 0.15) is 58.5 Å². The molecule has 152 valence electrons. The predicted octanol–water partition coefficient (Wildman–Crippen LogP) is 6.99. The largest absolute Gasteiger partial charge is 0.489 e. The molecule has 1 heterocycles. The third-order valence-corrected chi connectivity index (χ3v) is 6.09. The minimum Gasteiger partial charge on any atom is -0.489 e. The summed E-state index contributed by atoms with van der Waals surface area (Å²) in [5.74, 6) is 0.929. The first-order valence-corrected chi connectivity index (χ1v) is 10.6. The first-order chi connectivity index (χ1) is 13.8. The lowest BCUT2D eigenvalue weighted by Gasteiger charge is -2.17. The quantitative estimate of drug-likeness (QED) is 0.454. The van der Waals surface area contributed by atoms with E-state index in [0.29, 0.717) is 6.61 Å². The van der Waals surface area contributed by atoms with Crippen LogP contribution in [0.15, 0.2) is 36.4 Å². The molecule has 2 aromatic carbocycles. The summed E-state index contributed by atoms with van der Waals surface area (Å²) in [5.41, 5.74) is 12.5. The molecule has 0 spiro atoms. The number of hydrogen-bond donors (Lipinski definition) is 0. The zero-order valence-electron chi connectivity index (χ0n) is 18.9. The second-order valence-electron chi connectivity index (χ2n) is 8.02. The molecule has 3 rings (SSSR count). The molecular weight excluding hydrogens is 354 g/mol. The van der Waals surface area contributed by atoms with Gasteiger partial charge >= 0.3 is 0 Å². The van der Waals surface area contributed by atoms with Gasteiger partial charge in [-0.05, 0) is 99.0 Å². The summed E-state index contributed by atoms with van der Waals surface area (Å²) in [7, 11) is 0. The molecule has 0 unspecified atom stereocenters. The summed E-state index contributed by atoms with van der Waals surface area (Å²) in [6.07, 6.45) is 2.03. The Bertz CT molecular complexity index is 964. The number of ether oxygens (including phenoxy) is 1. The highest BCUT2D eigenvalue weighted by atomic mass is 16.5. The molecule has 0 bridgehead atoms. The predicted molar refractivity (Wildman–Crippen MR) is 123 cm³/mol.